The fourth-order valence-corrected chi connectivity index (χ4v) is 2.96. The van der Waals surface area contributed by atoms with Crippen molar-refractivity contribution in [3.05, 3.63) is 53.2 Å². The Hall–Kier alpha value is -2.14. The summed E-state index contributed by atoms with van der Waals surface area (Å²) in [6.45, 7) is 8.72. The zero-order valence-corrected chi connectivity index (χ0v) is 16.0. The minimum atomic E-state index is -0.165. The van der Waals surface area contributed by atoms with E-state index in [0.717, 1.165) is 25.4 Å². The minimum Gasteiger partial charge on any atom is -0.447 e. The molecule has 1 amide bonds. The molecule has 1 aromatic heterocycles. The van der Waals surface area contributed by atoms with Crippen molar-refractivity contribution in [1.29, 1.82) is 0 Å². The van der Waals surface area contributed by atoms with Gasteiger partial charge in [-0.05, 0) is 50.2 Å². The second kappa shape index (κ2) is 8.49. The maximum Gasteiger partial charge on any atom is 0.273 e. The van der Waals surface area contributed by atoms with Crippen LogP contribution in [-0.2, 0) is 13.1 Å². The summed E-state index contributed by atoms with van der Waals surface area (Å²) in [5, 5.41) is 2.93. The molecule has 5 heteroatoms. The van der Waals surface area contributed by atoms with Crippen molar-refractivity contribution in [3.8, 4) is 0 Å². The van der Waals surface area contributed by atoms with Crippen molar-refractivity contribution < 1.29 is 9.21 Å². The van der Waals surface area contributed by atoms with Crippen molar-refractivity contribution in [3.63, 3.8) is 0 Å². The van der Waals surface area contributed by atoms with Crippen LogP contribution in [0.15, 0.2) is 34.9 Å². The molecule has 2 aromatic rings. The Labute approximate surface area is 155 Å². The largest absolute Gasteiger partial charge is 0.447 e. The summed E-state index contributed by atoms with van der Waals surface area (Å²) in [7, 11) is 0. The van der Waals surface area contributed by atoms with Gasteiger partial charge in [0, 0.05) is 19.1 Å². The number of amides is 1. The SMILES string of the molecule is CCC(C)NC(=O)c1coc(CN(Cc2ccccc2C)CC2CC2)n1. The number of aromatic nitrogens is 1. The molecule has 1 fully saturated rings. The molecular formula is C21H29N3O2. The van der Waals surface area contributed by atoms with Crippen LogP contribution in [0.5, 0.6) is 0 Å². The van der Waals surface area contributed by atoms with E-state index in [1.807, 2.05) is 13.8 Å². The zero-order valence-electron chi connectivity index (χ0n) is 16.0. The van der Waals surface area contributed by atoms with E-state index in [1.165, 1.54) is 30.2 Å². The summed E-state index contributed by atoms with van der Waals surface area (Å²) in [6.07, 6.45) is 4.97. The Bertz CT molecular complexity index is 736. The summed E-state index contributed by atoms with van der Waals surface area (Å²) < 4.78 is 5.59. The highest BCUT2D eigenvalue weighted by Gasteiger charge is 2.25. The van der Waals surface area contributed by atoms with Crippen LogP contribution >= 0.6 is 0 Å². The predicted molar refractivity (Wildman–Crippen MR) is 102 cm³/mol. The Morgan fingerprint density at radius 3 is 2.81 bits per heavy atom. The van der Waals surface area contributed by atoms with Crippen LogP contribution in [0.4, 0.5) is 0 Å². The molecule has 1 saturated carbocycles. The third-order valence-corrected chi connectivity index (χ3v) is 5.00. The van der Waals surface area contributed by atoms with Gasteiger partial charge in [0.05, 0.1) is 6.54 Å². The van der Waals surface area contributed by atoms with E-state index >= 15 is 0 Å². The van der Waals surface area contributed by atoms with Crippen molar-refractivity contribution >= 4 is 5.91 Å². The Morgan fingerprint density at radius 2 is 2.12 bits per heavy atom. The van der Waals surface area contributed by atoms with Gasteiger partial charge in [-0.25, -0.2) is 4.98 Å². The van der Waals surface area contributed by atoms with E-state index in [9.17, 15) is 4.79 Å². The van der Waals surface area contributed by atoms with Crippen LogP contribution in [-0.4, -0.2) is 28.4 Å². The molecule has 5 nitrogen and oxygen atoms in total. The van der Waals surface area contributed by atoms with Gasteiger partial charge < -0.3 is 9.73 Å². The lowest BCUT2D eigenvalue weighted by atomic mass is 10.1. The van der Waals surface area contributed by atoms with Gasteiger partial charge in [-0.15, -0.1) is 0 Å². The Morgan fingerprint density at radius 1 is 1.35 bits per heavy atom. The number of benzene rings is 1. The molecule has 26 heavy (non-hydrogen) atoms. The van der Waals surface area contributed by atoms with E-state index in [0.29, 0.717) is 18.1 Å². The summed E-state index contributed by atoms with van der Waals surface area (Å²) in [4.78, 5) is 19.0. The summed E-state index contributed by atoms with van der Waals surface area (Å²) >= 11 is 0. The molecule has 1 heterocycles. The van der Waals surface area contributed by atoms with Gasteiger partial charge in [0.15, 0.2) is 5.69 Å². The molecule has 1 aromatic carbocycles. The van der Waals surface area contributed by atoms with Gasteiger partial charge in [0.2, 0.25) is 5.89 Å². The molecule has 1 unspecified atom stereocenters. The smallest absolute Gasteiger partial charge is 0.273 e. The average Bonchev–Trinajstić information content (AvgIpc) is 3.31. The molecule has 0 spiro atoms. The molecule has 3 rings (SSSR count). The third kappa shape index (κ3) is 5.18. The number of aryl methyl sites for hydroxylation is 1. The lowest BCUT2D eigenvalue weighted by Gasteiger charge is -2.21. The summed E-state index contributed by atoms with van der Waals surface area (Å²) in [5.41, 5.74) is 2.99. The van der Waals surface area contributed by atoms with Crippen LogP contribution < -0.4 is 5.32 Å². The number of carbonyl (C=O) groups is 1. The van der Waals surface area contributed by atoms with Crippen molar-refractivity contribution in [2.24, 2.45) is 5.92 Å². The molecule has 0 saturated heterocycles. The number of oxazole rings is 1. The Balaban J connectivity index is 1.65. The van der Waals surface area contributed by atoms with Crippen molar-refractivity contribution in [2.75, 3.05) is 6.54 Å². The van der Waals surface area contributed by atoms with Gasteiger partial charge in [0.1, 0.15) is 6.26 Å². The number of nitrogens with one attached hydrogen (secondary N) is 1. The van der Waals surface area contributed by atoms with Crippen LogP contribution in [0.25, 0.3) is 0 Å². The zero-order chi connectivity index (χ0) is 18.5. The van der Waals surface area contributed by atoms with E-state index in [2.05, 4.69) is 46.4 Å². The summed E-state index contributed by atoms with van der Waals surface area (Å²) in [5.74, 6) is 1.22. The van der Waals surface area contributed by atoms with Gasteiger partial charge in [0.25, 0.3) is 5.91 Å². The van der Waals surface area contributed by atoms with Crippen molar-refractivity contribution in [2.45, 2.75) is 59.2 Å². The highest BCUT2D eigenvalue weighted by molar-refractivity contribution is 5.92. The standard InChI is InChI=1S/C21H29N3O2/c1-4-16(3)22-21(25)19-14-26-20(23-19)13-24(11-17-9-10-17)12-18-8-6-5-7-15(18)2/h5-8,14,16-17H,4,9-13H2,1-3H3,(H,22,25). The van der Waals surface area contributed by atoms with Gasteiger partial charge >= 0.3 is 0 Å². The fraction of sp³-hybridized carbons (Fsp3) is 0.524. The first-order chi connectivity index (χ1) is 12.5. The molecule has 0 aliphatic heterocycles. The molecule has 140 valence electrons. The molecule has 0 bridgehead atoms. The monoisotopic (exact) mass is 355 g/mol. The first-order valence-electron chi connectivity index (χ1n) is 9.57. The number of nitrogens with zero attached hydrogens (tertiary/aromatic N) is 2. The van der Waals surface area contributed by atoms with Crippen LogP contribution in [0.1, 0.15) is 60.6 Å². The maximum atomic E-state index is 12.2. The number of carbonyl (C=O) groups excluding carboxylic acids is 1. The molecule has 1 N–H and O–H groups in total. The van der Waals surface area contributed by atoms with E-state index in [1.54, 1.807) is 0 Å². The highest BCUT2D eigenvalue weighted by Crippen LogP contribution is 2.31. The second-order valence-corrected chi connectivity index (χ2v) is 7.45. The molecule has 0 radical (unpaired) electrons. The molecule has 1 aliphatic carbocycles. The molecule has 1 aliphatic rings. The van der Waals surface area contributed by atoms with E-state index < -0.39 is 0 Å². The van der Waals surface area contributed by atoms with Crippen LogP contribution in [0.3, 0.4) is 0 Å². The average molecular weight is 355 g/mol. The lowest BCUT2D eigenvalue weighted by Crippen LogP contribution is -2.32. The number of rotatable bonds is 9. The number of hydrogen-bond acceptors (Lipinski definition) is 4. The van der Waals surface area contributed by atoms with E-state index in [-0.39, 0.29) is 11.9 Å². The second-order valence-electron chi connectivity index (χ2n) is 7.45. The highest BCUT2D eigenvalue weighted by atomic mass is 16.3. The van der Waals surface area contributed by atoms with Gasteiger partial charge in [-0.3, -0.25) is 9.69 Å². The number of hydrogen-bond donors (Lipinski definition) is 1. The summed E-state index contributed by atoms with van der Waals surface area (Å²) in [6, 6.07) is 8.61. The van der Waals surface area contributed by atoms with Gasteiger partial charge in [-0.1, -0.05) is 31.2 Å². The first-order valence-corrected chi connectivity index (χ1v) is 9.57. The van der Waals surface area contributed by atoms with Crippen molar-refractivity contribution in [1.82, 2.24) is 15.2 Å². The van der Waals surface area contributed by atoms with Crippen LogP contribution in [0.2, 0.25) is 0 Å². The minimum absolute atomic E-state index is 0.134. The van der Waals surface area contributed by atoms with Gasteiger partial charge in [-0.2, -0.15) is 0 Å². The molecular weight excluding hydrogens is 326 g/mol. The molecule has 1 atom stereocenters. The topological polar surface area (TPSA) is 58.4 Å². The van der Waals surface area contributed by atoms with E-state index in [4.69, 9.17) is 4.42 Å². The normalized spacial score (nSPS) is 15.2. The van der Waals surface area contributed by atoms with Crippen LogP contribution in [0, 0.1) is 12.8 Å². The predicted octanol–water partition coefficient (Wildman–Crippen LogP) is 3.92. The first kappa shape index (κ1) is 18.6. The third-order valence-electron chi connectivity index (χ3n) is 5.00. The fourth-order valence-electron chi connectivity index (χ4n) is 2.96. The maximum absolute atomic E-state index is 12.2. The quantitative estimate of drug-likeness (QED) is 0.740. The lowest BCUT2D eigenvalue weighted by molar-refractivity contribution is 0.0934. The Kier molecular flexibility index (Phi) is 6.09.